The van der Waals surface area contributed by atoms with Gasteiger partial charge in [-0.05, 0) is 41.5 Å². The quantitative estimate of drug-likeness (QED) is 0.452. The van der Waals surface area contributed by atoms with Crippen molar-refractivity contribution in [2.75, 3.05) is 0 Å². The third kappa shape index (κ3) is 3.72. The van der Waals surface area contributed by atoms with E-state index in [1.54, 1.807) is 0 Å². The Labute approximate surface area is 149 Å². The Bertz CT molecular complexity index is 905. The fourth-order valence-corrected chi connectivity index (χ4v) is 2.66. The number of alkyl halides is 6. The van der Waals surface area contributed by atoms with E-state index in [0.717, 1.165) is 24.3 Å². The van der Waals surface area contributed by atoms with Gasteiger partial charge in [0.15, 0.2) is 0 Å². The minimum Gasteiger partial charge on any atom is -0.350 e. The molecule has 1 N–H and O–H groups in total. The highest BCUT2D eigenvalue weighted by Crippen LogP contribution is 2.40. The summed E-state index contributed by atoms with van der Waals surface area (Å²) in [6.07, 6.45) is -9.17. The van der Waals surface area contributed by atoms with Crippen LogP contribution in [0.1, 0.15) is 11.3 Å². The van der Waals surface area contributed by atoms with Gasteiger partial charge in [-0.15, -0.1) is 0 Å². The molecule has 3 rings (SSSR count). The minimum atomic E-state index is -4.65. The molecule has 3 aromatic rings. The van der Waals surface area contributed by atoms with Crippen molar-refractivity contribution in [3.05, 3.63) is 70.9 Å². The Hall–Kier alpha value is -2.41. The molecule has 0 aliphatic rings. The molecule has 0 spiro atoms. The van der Waals surface area contributed by atoms with Crippen LogP contribution in [-0.2, 0) is 12.4 Å². The summed E-state index contributed by atoms with van der Waals surface area (Å²) in [5.41, 5.74) is -1.39. The number of aromatic amines is 1. The van der Waals surface area contributed by atoms with Crippen molar-refractivity contribution < 1.29 is 26.3 Å². The van der Waals surface area contributed by atoms with Crippen LogP contribution < -0.4 is 0 Å². The Kier molecular flexibility index (Phi) is 4.52. The lowest BCUT2D eigenvalue weighted by atomic mass is 10.0. The van der Waals surface area contributed by atoms with Gasteiger partial charge in [0.05, 0.1) is 5.56 Å². The molecule has 0 bridgehead atoms. The summed E-state index contributed by atoms with van der Waals surface area (Å²) in [6.45, 7) is 0. The third-order valence-corrected chi connectivity index (χ3v) is 4.03. The number of nitrogens with one attached hydrogen (secondary N) is 1. The van der Waals surface area contributed by atoms with Gasteiger partial charge in [0.1, 0.15) is 5.69 Å². The Balaban J connectivity index is 2.08. The van der Waals surface area contributed by atoms with Crippen molar-refractivity contribution in [1.29, 1.82) is 0 Å². The molecular formula is C18H10ClF6N. The van der Waals surface area contributed by atoms with Gasteiger partial charge in [0.25, 0.3) is 0 Å². The number of rotatable bonds is 2. The van der Waals surface area contributed by atoms with Crippen molar-refractivity contribution in [2.24, 2.45) is 0 Å². The highest BCUT2D eigenvalue weighted by Gasteiger charge is 2.36. The zero-order valence-corrected chi connectivity index (χ0v) is 13.6. The van der Waals surface area contributed by atoms with E-state index in [2.05, 4.69) is 4.98 Å². The highest BCUT2D eigenvalue weighted by atomic mass is 35.5. The topological polar surface area (TPSA) is 15.8 Å². The third-order valence-electron chi connectivity index (χ3n) is 3.78. The molecule has 0 aliphatic heterocycles. The van der Waals surface area contributed by atoms with Gasteiger partial charge in [-0.3, -0.25) is 0 Å². The summed E-state index contributed by atoms with van der Waals surface area (Å²) in [5.74, 6) is 0. The van der Waals surface area contributed by atoms with Crippen LogP contribution in [0.2, 0.25) is 5.02 Å². The smallest absolute Gasteiger partial charge is 0.350 e. The molecule has 0 saturated heterocycles. The summed E-state index contributed by atoms with van der Waals surface area (Å²) in [5, 5.41) is 0.376. The first-order valence-electron chi connectivity index (χ1n) is 7.29. The SMILES string of the molecule is FC(F)(F)c1ccc(-c2cc(-c3ccc(Cl)cc3)c(C(F)(F)F)[nH]2)cc1. The number of hydrogen-bond acceptors (Lipinski definition) is 0. The first-order chi connectivity index (χ1) is 12.1. The van der Waals surface area contributed by atoms with Crippen LogP contribution in [-0.4, -0.2) is 4.98 Å². The van der Waals surface area contributed by atoms with E-state index in [9.17, 15) is 26.3 Å². The molecule has 0 aliphatic carbocycles. The molecule has 0 unspecified atom stereocenters. The summed E-state index contributed by atoms with van der Waals surface area (Å²) >= 11 is 5.76. The fraction of sp³-hybridized carbons (Fsp3) is 0.111. The molecule has 1 nitrogen and oxygen atoms in total. The Morgan fingerprint density at radius 1 is 0.692 bits per heavy atom. The molecule has 8 heteroatoms. The van der Waals surface area contributed by atoms with E-state index in [1.165, 1.54) is 30.3 Å². The maximum atomic E-state index is 13.4. The van der Waals surface area contributed by atoms with Gasteiger partial charge in [0, 0.05) is 16.3 Å². The van der Waals surface area contributed by atoms with Crippen LogP contribution in [0.15, 0.2) is 54.6 Å². The average molecular weight is 390 g/mol. The van der Waals surface area contributed by atoms with E-state index < -0.39 is 23.6 Å². The zero-order valence-electron chi connectivity index (χ0n) is 12.8. The van der Waals surface area contributed by atoms with E-state index in [1.807, 2.05) is 0 Å². The monoisotopic (exact) mass is 389 g/mol. The maximum Gasteiger partial charge on any atom is 0.431 e. The molecule has 2 aromatic carbocycles. The van der Waals surface area contributed by atoms with E-state index in [-0.39, 0.29) is 22.4 Å². The van der Waals surface area contributed by atoms with Crippen molar-refractivity contribution in [2.45, 2.75) is 12.4 Å². The lowest BCUT2D eigenvalue weighted by Crippen LogP contribution is -2.07. The van der Waals surface area contributed by atoms with Crippen molar-refractivity contribution in [3.63, 3.8) is 0 Å². The second-order valence-electron chi connectivity index (χ2n) is 5.55. The highest BCUT2D eigenvalue weighted by molar-refractivity contribution is 6.30. The standard InChI is InChI=1S/C18H10ClF6N/c19-13-7-3-10(4-8-13)14-9-15(26-16(14)18(23,24)25)11-1-5-12(6-2-11)17(20,21)22/h1-9,26H. The van der Waals surface area contributed by atoms with Gasteiger partial charge in [0.2, 0.25) is 0 Å². The van der Waals surface area contributed by atoms with E-state index in [0.29, 0.717) is 5.02 Å². The summed E-state index contributed by atoms with van der Waals surface area (Å²) in [7, 11) is 0. The lowest BCUT2D eigenvalue weighted by Gasteiger charge is -2.08. The fourth-order valence-electron chi connectivity index (χ4n) is 2.53. The number of benzene rings is 2. The molecule has 1 aromatic heterocycles. The largest absolute Gasteiger partial charge is 0.431 e. The maximum absolute atomic E-state index is 13.4. The van der Waals surface area contributed by atoms with Crippen molar-refractivity contribution in [1.82, 2.24) is 4.98 Å². The summed E-state index contributed by atoms with van der Waals surface area (Å²) < 4.78 is 78.0. The van der Waals surface area contributed by atoms with Crippen LogP contribution in [0.4, 0.5) is 26.3 Å². The number of aromatic nitrogens is 1. The van der Waals surface area contributed by atoms with Crippen LogP contribution in [0.5, 0.6) is 0 Å². The Morgan fingerprint density at radius 3 is 1.73 bits per heavy atom. The van der Waals surface area contributed by atoms with E-state index in [4.69, 9.17) is 11.6 Å². The molecule has 0 saturated carbocycles. The molecule has 26 heavy (non-hydrogen) atoms. The molecular weight excluding hydrogens is 380 g/mol. The first-order valence-corrected chi connectivity index (χ1v) is 7.67. The van der Waals surface area contributed by atoms with Crippen LogP contribution in [0, 0.1) is 0 Å². The second-order valence-corrected chi connectivity index (χ2v) is 5.99. The molecule has 0 radical (unpaired) electrons. The summed E-state index contributed by atoms with van der Waals surface area (Å²) in [4.78, 5) is 2.27. The minimum absolute atomic E-state index is 0.0657. The first kappa shape index (κ1) is 18.4. The number of H-pyrrole nitrogens is 1. The van der Waals surface area contributed by atoms with Crippen LogP contribution in [0.3, 0.4) is 0 Å². The molecule has 0 atom stereocenters. The average Bonchev–Trinajstić information content (AvgIpc) is 3.00. The molecule has 0 amide bonds. The van der Waals surface area contributed by atoms with E-state index >= 15 is 0 Å². The van der Waals surface area contributed by atoms with Gasteiger partial charge >= 0.3 is 12.4 Å². The molecule has 0 fully saturated rings. The van der Waals surface area contributed by atoms with Crippen LogP contribution in [0.25, 0.3) is 22.4 Å². The predicted octanol–water partition coefficient (Wildman–Crippen LogP) is 7.04. The second kappa shape index (κ2) is 6.39. The molecule has 136 valence electrons. The lowest BCUT2D eigenvalue weighted by molar-refractivity contribution is -0.140. The predicted molar refractivity (Wildman–Crippen MR) is 86.7 cm³/mol. The van der Waals surface area contributed by atoms with Crippen LogP contribution >= 0.6 is 11.6 Å². The zero-order chi connectivity index (χ0) is 19.1. The van der Waals surface area contributed by atoms with Crippen molar-refractivity contribution >= 4 is 11.6 Å². The molecule has 1 heterocycles. The van der Waals surface area contributed by atoms with Gasteiger partial charge < -0.3 is 4.98 Å². The van der Waals surface area contributed by atoms with Crippen molar-refractivity contribution in [3.8, 4) is 22.4 Å². The normalized spacial score (nSPS) is 12.4. The number of halogens is 7. The Morgan fingerprint density at radius 2 is 1.23 bits per heavy atom. The number of hydrogen-bond donors (Lipinski definition) is 1. The van der Waals surface area contributed by atoms with Gasteiger partial charge in [-0.25, -0.2) is 0 Å². The van der Waals surface area contributed by atoms with Gasteiger partial charge in [-0.1, -0.05) is 35.9 Å². The summed E-state index contributed by atoms with van der Waals surface area (Å²) in [6, 6.07) is 11.0. The van der Waals surface area contributed by atoms with Gasteiger partial charge in [-0.2, -0.15) is 26.3 Å².